The van der Waals surface area contributed by atoms with Crippen molar-refractivity contribution < 1.29 is 14.6 Å². The molecule has 0 bridgehead atoms. The van der Waals surface area contributed by atoms with Crippen LogP contribution >= 0.6 is 0 Å². The molecule has 0 saturated heterocycles. The minimum absolute atomic E-state index is 0.0527. The third-order valence-corrected chi connectivity index (χ3v) is 6.85. The second-order valence-corrected chi connectivity index (χ2v) is 9.84. The lowest BCUT2D eigenvalue weighted by molar-refractivity contribution is -0.160. The molecule has 3 nitrogen and oxygen atoms in total. The highest BCUT2D eigenvalue weighted by Gasteiger charge is 2.55. The van der Waals surface area contributed by atoms with E-state index in [0.29, 0.717) is 12.8 Å². The Balaban J connectivity index is 1.92. The van der Waals surface area contributed by atoms with E-state index in [1.807, 2.05) is 19.9 Å². The molecule has 1 N–H and O–H groups in total. The molecule has 0 spiro atoms. The first-order chi connectivity index (χ1) is 12.6. The lowest BCUT2D eigenvalue weighted by Crippen LogP contribution is -2.56. The van der Waals surface area contributed by atoms with Gasteiger partial charge in [0.05, 0.1) is 0 Å². The topological polar surface area (TPSA) is 46.5 Å². The largest absolute Gasteiger partial charge is 0.487 e. The van der Waals surface area contributed by atoms with Crippen molar-refractivity contribution in [1.29, 1.82) is 0 Å². The minimum Gasteiger partial charge on any atom is -0.487 e. The van der Waals surface area contributed by atoms with Crippen LogP contribution in [0.5, 0.6) is 5.75 Å². The first-order valence-electron chi connectivity index (χ1n) is 10.7. The van der Waals surface area contributed by atoms with E-state index in [4.69, 9.17) is 4.74 Å². The summed E-state index contributed by atoms with van der Waals surface area (Å²) in [6.45, 7) is 10.9. The summed E-state index contributed by atoms with van der Waals surface area (Å²) >= 11 is 0. The summed E-state index contributed by atoms with van der Waals surface area (Å²) in [5, 5.41) is 11.5. The van der Waals surface area contributed by atoms with Crippen molar-refractivity contribution in [3.63, 3.8) is 0 Å². The van der Waals surface area contributed by atoms with Crippen molar-refractivity contribution >= 4 is 5.78 Å². The zero-order valence-corrected chi connectivity index (χ0v) is 17.7. The van der Waals surface area contributed by atoms with Crippen molar-refractivity contribution in [2.24, 2.45) is 5.92 Å². The molecule has 1 aliphatic heterocycles. The standard InChI is InChI=1S/C24H36O3/c1-6-7-8-9-14-22(2,3)17-10-12-19-20(15-17)27-23(4,5)21-13-11-18(25)16-24(19,21)26/h10,12,15,21,26H,6-9,11,13-14,16H2,1-5H3/t21-,24-/m0/s1. The molecule has 1 saturated carbocycles. The third kappa shape index (κ3) is 3.81. The average molecular weight is 373 g/mol. The van der Waals surface area contributed by atoms with E-state index >= 15 is 0 Å². The highest BCUT2D eigenvalue weighted by atomic mass is 16.5. The van der Waals surface area contributed by atoms with Gasteiger partial charge in [-0.2, -0.15) is 0 Å². The predicted molar refractivity (Wildman–Crippen MR) is 109 cm³/mol. The molecule has 2 atom stereocenters. The molecule has 0 unspecified atom stereocenters. The first kappa shape index (κ1) is 20.4. The van der Waals surface area contributed by atoms with Crippen LogP contribution in [-0.2, 0) is 15.8 Å². The van der Waals surface area contributed by atoms with Crippen LogP contribution in [-0.4, -0.2) is 16.5 Å². The second-order valence-electron chi connectivity index (χ2n) is 9.84. The lowest BCUT2D eigenvalue weighted by Gasteiger charge is -2.52. The van der Waals surface area contributed by atoms with Crippen LogP contribution in [0, 0.1) is 5.92 Å². The predicted octanol–water partition coefficient (Wildman–Crippen LogP) is 5.66. The smallest absolute Gasteiger partial charge is 0.136 e. The van der Waals surface area contributed by atoms with Gasteiger partial charge in [-0.15, -0.1) is 0 Å². The Morgan fingerprint density at radius 1 is 1.22 bits per heavy atom. The van der Waals surface area contributed by atoms with Crippen molar-refractivity contribution in [3.05, 3.63) is 29.3 Å². The van der Waals surface area contributed by atoms with Gasteiger partial charge in [0.2, 0.25) is 0 Å². The molecule has 1 aromatic carbocycles. The van der Waals surface area contributed by atoms with Crippen molar-refractivity contribution in [2.45, 2.75) is 103 Å². The Kier molecular flexibility index (Phi) is 5.46. The molecule has 1 fully saturated rings. The van der Waals surface area contributed by atoms with Gasteiger partial charge in [0.25, 0.3) is 0 Å². The molecular formula is C24H36O3. The second kappa shape index (κ2) is 7.24. The number of benzene rings is 1. The van der Waals surface area contributed by atoms with E-state index in [2.05, 4.69) is 32.9 Å². The van der Waals surface area contributed by atoms with E-state index in [1.54, 1.807) is 0 Å². The van der Waals surface area contributed by atoms with Crippen LogP contribution < -0.4 is 4.74 Å². The number of hydrogen-bond acceptors (Lipinski definition) is 3. The number of Topliss-reactive ketones (excluding diaryl/α,β-unsaturated/α-hetero) is 1. The normalized spacial score (nSPS) is 26.9. The van der Waals surface area contributed by atoms with Crippen molar-refractivity contribution in [2.75, 3.05) is 0 Å². The number of aliphatic hydroxyl groups is 1. The van der Waals surface area contributed by atoms with Gasteiger partial charge < -0.3 is 9.84 Å². The lowest BCUT2D eigenvalue weighted by atomic mass is 9.63. The van der Waals surface area contributed by atoms with Gasteiger partial charge in [0, 0.05) is 24.3 Å². The van der Waals surface area contributed by atoms with Gasteiger partial charge in [0.15, 0.2) is 0 Å². The van der Waals surface area contributed by atoms with Crippen LogP contribution in [0.3, 0.4) is 0 Å². The Labute approximate surface area is 164 Å². The molecule has 0 amide bonds. The van der Waals surface area contributed by atoms with E-state index < -0.39 is 11.2 Å². The van der Waals surface area contributed by atoms with Crippen molar-refractivity contribution in [1.82, 2.24) is 0 Å². The Morgan fingerprint density at radius 2 is 1.96 bits per heavy atom. The molecule has 1 aliphatic carbocycles. The monoisotopic (exact) mass is 372 g/mol. The maximum Gasteiger partial charge on any atom is 0.136 e. The molecule has 1 aromatic rings. The zero-order valence-electron chi connectivity index (χ0n) is 17.7. The van der Waals surface area contributed by atoms with Gasteiger partial charge >= 0.3 is 0 Å². The molecule has 1 heterocycles. The Bertz CT molecular complexity index is 704. The Morgan fingerprint density at radius 3 is 2.67 bits per heavy atom. The van der Waals surface area contributed by atoms with Gasteiger partial charge in [0.1, 0.15) is 22.7 Å². The van der Waals surface area contributed by atoms with Crippen LogP contribution in [0.25, 0.3) is 0 Å². The van der Waals surface area contributed by atoms with Crippen LogP contribution in [0.15, 0.2) is 18.2 Å². The SMILES string of the molecule is CCCCCCC(C)(C)c1ccc2c(c1)OC(C)(C)[C@@H]1CCC(=O)C[C@]21O. The number of carbonyl (C=O) groups excluding carboxylic acids is 1. The van der Waals surface area contributed by atoms with Crippen LogP contribution in [0.1, 0.15) is 97.1 Å². The number of hydrogen-bond donors (Lipinski definition) is 1. The van der Waals surface area contributed by atoms with Crippen LogP contribution in [0.2, 0.25) is 0 Å². The summed E-state index contributed by atoms with van der Waals surface area (Å²) in [7, 11) is 0. The number of unbranched alkanes of at least 4 members (excludes halogenated alkanes) is 3. The summed E-state index contributed by atoms with van der Waals surface area (Å²) in [5.74, 6) is 0.855. The summed E-state index contributed by atoms with van der Waals surface area (Å²) in [4.78, 5) is 12.1. The van der Waals surface area contributed by atoms with Crippen LogP contribution in [0.4, 0.5) is 0 Å². The highest BCUT2D eigenvalue weighted by Crippen LogP contribution is 2.54. The van der Waals surface area contributed by atoms with E-state index in [0.717, 1.165) is 17.7 Å². The fourth-order valence-corrected chi connectivity index (χ4v) is 5.14. The number of ketones is 1. The number of carbonyl (C=O) groups is 1. The van der Waals surface area contributed by atoms with E-state index in [-0.39, 0.29) is 23.5 Å². The molecule has 3 heteroatoms. The first-order valence-corrected chi connectivity index (χ1v) is 10.7. The average Bonchev–Trinajstić information content (AvgIpc) is 2.57. The molecular weight excluding hydrogens is 336 g/mol. The maximum absolute atomic E-state index is 12.1. The molecule has 2 aliphatic rings. The number of rotatable bonds is 6. The van der Waals surface area contributed by atoms with Gasteiger partial charge in [-0.3, -0.25) is 4.79 Å². The molecule has 0 aromatic heterocycles. The maximum atomic E-state index is 12.1. The van der Waals surface area contributed by atoms with E-state index in [9.17, 15) is 9.90 Å². The summed E-state index contributed by atoms with van der Waals surface area (Å²) in [5.41, 5.74) is 0.531. The molecule has 3 rings (SSSR count). The summed E-state index contributed by atoms with van der Waals surface area (Å²) in [6, 6.07) is 6.26. The Hall–Kier alpha value is -1.35. The summed E-state index contributed by atoms with van der Waals surface area (Å²) < 4.78 is 6.40. The number of fused-ring (bicyclic) bond motifs is 3. The van der Waals surface area contributed by atoms with E-state index in [1.165, 1.54) is 31.2 Å². The van der Waals surface area contributed by atoms with Gasteiger partial charge in [-0.25, -0.2) is 0 Å². The molecule has 150 valence electrons. The zero-order chi connectivity index (χ0) is 19.9. The fourth-order valence-electron chi connectivity index (χ4n) is 5.14. The molecule has 0 radical (unpaired) electrons. The molecule has 27 heavy (non-hydrogen) atoms. The fraction of sp³-hybridized carbons (Fsp3) is 0.708. The highest BCUT2D eigenvalue weighted by molar-refractivity contribution is 5.81. The third-order valence-electron chi connectivity index (χ3n) is 6.85. The van der Waals surface area contributed by atoms with Gasteiger partial charge in [-0.05, 0) is 43.7 Å². The van der Waals surface area contributed by atoms with Gasteiger partial charge in [-0.1, -0.05) is 58.6 Å². The minimum atomic E-state index is -1.10. The van der Waals surface area contributed by atoms with Crippen molar-refractivity contribution in [3.8, 4) is 5.75 Å². The summed E-state index contributed by atoms with van der Waals surface area (Å²) in [6.07, 6.45) is 7.62. The quantitative estimate of drug-likeness (QED) is 0.655. The number of ether oxygens (including phenoxy) is 1.